The summed E-state index contributed by atoms with van der Waals surface area (Å²) in [5, 5.41) is 9.40. The second-order valence-electron chi connectivity index (χ2n) is 9.14. The summed E-state index contributed by atoms with van der Waals surface area (Å²) in [6.45, 7) is 0.423. The van der Waals surface area contributed by atoms with E-state index in [4.69, 9.17) is 15.4 Å². The van der Waals surface area contributed by atoms with Gasteiger partial charge >= 0.3 is 6.09 Å². The van der Waals surface area contributed by atoms with Crippen LogP contribution in [0.15, 0.2) is 121 Å². The summed E-state index contributed by atoms with van der Waals surface area (Å²) in [7, 11) is 0. The Bertz CT molecular complexity index is 1530. The summed E-state index contributed by atoms with van der Waals surface area (Å²) in [6, 6.07) is 37.0. The molecule has 6 rings (SSSR count). The summed E-state index contributed by atoms with van der Waals surface area (Å²) in [6.07, 6.45) is 0.905. The molecule has 4 aromatic carbocycles. The zero-order chi connectivity index (χ0) is 26.0. The lowest BCUT2D eigenvalue weighted by molar-refractivity contribution is 0.145. The number of hydrogen-bond acceptors (Lipinski definition) is 4. The van der Waals surface area contributed by atoms with E-state index in [2.05, 4.69) is 51.1 Å². The van der Waals surface area contributed by atoms with Crippen LogP contribution in [-0.2, 0) is 10.3 Å². The fraction of sp³-hybridized carbons (Fsp3) is 0.133. The van der Waals surface area contributed by atoms with Crippen LogP contribution in [0.4, 0.5) is 10.5 Å². The molecule has 0 radical (unpaired) electrons. The van der Waals surface area contributed by atoms with Crippen molar-refractivity contribution < 1.29 is 9.53 Å². The van der Waals surface area contributed by atoms with Crippen LogP contribution in [-0.4, -0.2) is 35.1 Å². The Morgan fingerprint density at radius 3 is 2.03 bits per heavy atom. The first kappa shape index (κ1) is 23.3. The van der Waals surface area contributed by atoms with Gasteiger partial charge in [-0.3, -0.25) is 4.90 Å². The Morgan fingerprint density at radius 1 is 0.895 bits per heavy atom. The standard InChI is InChI=1S/C30H24N6O2/c31-34-32-20-27-21-35(29(37)38-27)26-16-17-28-22(18-26)19-33-36(28)30(23-10-4-1-5-11-23,24-12-6-2-7-13-24)25-14-8-3-9-15-25/h1-19,27H,20-21H2/t27-/m1/s1. The third-order valence-electron chi connectivity index (χ3n) is 6.98. The maximum atomic E-state index is 12.6. The molecule has 0 spiro atoms. The summed E-state index contributed by atoms with van der Waals surface area (Å²) in [4.78, 5) is 16.9. The zero-order valence-corrected chi connectivity index (χ0v) is 20.5. The van der Waals surface area contributed by atoms with E-state index in [-0.39, 0.29) is 6.54 Å². The smallest absolute Gasteiger partial charge is 0.414 e. The molecule has 0 aliphatic carbocycles. The van der Waals surface area contributed by atoms with Crippen LogP contribution in [0.1, 0.15) is 16.7 Å². The molecule has 8 nitrogen and oxygen atoms in total. The normalized spacial score (nSPS) is 15.3. The van der Waals surface area contributed by atoms with Gasteiger partial charge in [-0.15, -0.1) is 0 Å². The summed E-state index contributed by atoms with van der Waals surface area (Å²) >= 11 is 0. The molecular formula is C30H24N6O2. The molecule has 2 heterocycles. The second kappa shape index (κ2) is 9.76. The SMILES string of the molecule is [N-]=[N+]=NC[C@@H]1CN(c2ccc3c(cnn3C(c3ccccc3)(c3ccccc3)c3ccccc3)c2)C(=O)O1. The summed E-state index contributed by atoms with van der Waals surface area (Å²) in [5.41, 5.74) is 12.7. The molecule has 5 aromatic rings. The highest BCUT2D eigenvalue weighted by molar-refractivity contribution is 5.93. The molecular weight excluding hydrogens is 476 g/mol. The lowest BCUT2D eigenvalue weighted by Gasteiger charge is -2.37. The Labute approximate surface area is 219 Å². The van der Waals surface area contributed by atoms with Gasteiger partial charge in [0.25, 0.3) is 0 Å². The van der Waals surface area contributed by atoms with Gasteiger partial charge in [-0.25, -0.2) is 9.48 Å². The molecule has 1 atom stereocenters. The number of benzene rings is 4. The van der Waals surface area contributed by atoms with Crippen molar-refractivity contribution >= 4 is 22.7 Å². The molecule has 0 N–H and O–H groups in total. The molecule has 0 unspecified atom stereocenters. The number of fused-ring (bicyclic) bond motifs is 1. The minimum atomic E-state index is -0.736. The van der Waals surface area contributed by atoms with Crippen molar-refractivity contribution in [1.82, 2.24) is 9.78 Å². The highest BCUT2D eigenvalue weighted by Gasteiger charge is 2.40. The van der Waals surface area contributed by atoms with Crippen LogP contribution >= 0.6 is 0 Å². The van der Waals surface area contributed by atoms with Gasteiger partial charge in [0.15, 0.2) is 0 Å². The van der Waals surface area contributed by atoms with Crippen molar-refractivity contribution in [2.75, 3.05) is 18.0 Å². The van der Waals surface area contributed by atoms with Crippen LogP contribution in [0.5, 0.6) is 0 Å². The molecule has 1 saturated heterocycles. The van der Waals surface area contributed by atoms with Gasteiger partial charge in [-0.2, -0.15) is 5.10 Å². The fourth-order valence-corrected chi connectivity index (χ4v) is 5.32. The first-order valence-corrected chi connectivity index (χ1v) is 12.4. The van der Waals surface area contributed by atoms with E-state index in [9.17, 15) is 4.79 Å². The Kier molecular flexibility index (Phi) is 6.00. The number of carbonyl (C=O) groups is 1. The Morgan fingerprint density at radius 2 is 1.47 bits per heavy atom. The van der Waals surface area contributed by atoms with Gasteiger partial charge in [0.2, 0.25) is 0 Å². The summed E-state index contributed by atoms with van der Waals surface area (Å²) < 4.78 is 7.45. The molecule has 1 fully saturated rings. The zero-order valence-electron chi connectivity index (χ0n) is 20.5. The van der Waals surface area contributed by atoms with Crippen molar-refractivity contribution in [3.05, 3.63) is 143 Å². The van der Waals surface area contributed by atoms with Crippen LogP contribution in [0.2, 0.25) is 0 Å². The van der Waals surface area contributed by atoms with Crippen molar-refractivity contribution in [1.29, 1.82) is 0 Å². The van der Waals surface area contributed by atoms with Crippen LogP contribution in [0.25, 0.3) is 21.3 Å². The second-order valence-corrected chi connectivity index (χ2v) is 9.14. The maximum Gasteiger partial charge on any atom is 0.414 e. The average molecular weight is 501 g/mol. The molecule has 38 heavy (non-hydrogen) atoms. The Hall–Kier alpha value is -5.07. The predicted octanol–water partition coefficient (Wildman–Crippen LogP) is 6.51. The first-order valence-electron chi connectivity index (χ1n) is 12.4. The third-order valence-corrected chi connectivity index (χ3v) is 6.98. The van der Waals surface area contributed by atoms with E-state index in [0.29, 0.717) is 12.2 Å². The van der Waals surface area contributed by atoms with E-state index >= 15 is 0 Å². The fourth-order valence-electron chi connectivity index (χ4n) is 5.32. The third kappa shape index (κ3) is 3.84. The van der Waals surface area contributed by atoms with Gasteiger partial charge < -0.3 is 4.74 Å². The van der Waals surface area contributed by atoms with Crippen molar-refractivity contribution in [3.8, 4) is 0 Å². The number of hydrogen-bond donors (Lipinski definition) is 0. The number of ether oxygens (including phenoxy) is 1. The molecule has 8 heteroatoms. The molecule has 0 bridgehead atoms. The number of amides is 1. The molecule has 1 aromatic heterocycles. The predicted molar refractivity (Wildman–Crippen MR) is 146 cm³/mol. The number of carbonyl (C=O) groups excluding carboxylic acids is 1. The molecule has 186 valence electrons. The monoisotopic (exact) mass is 500 g/mol. The van der Waals surface area contributed by atoms with Gasteiger partial charge in [-0.1, -0.05) is 96.1 Å². The van der Waals surface area contributed by atoms with Crippen LogP contribution < -0.4 is 4.90 Å². The highest BCUT2D eigenvalue weighted by atomic mass is 16.6. The number of nitrogens with zero attached hydrogens (tertiary/aromatic N) is 6. The molecule has 0 saturated carbocycles. The number of rotatable bonds is 7. The molecule has 1 aliphatic rings. The van der Waals surface area contributed by atoms with E-state index in [1.165, 1.54) is 0 Å². The number of anilines is 1. The average Bonchev–Trinajstić information content (AvgIpc) is 3.57. The summed E-state index contributed by atoms with van der Waals surface area (Å²) in [5.74, 6) is 0. The van der Waals surface area contributed by atoms with Crippen molar-refractivity contribution in [2.45, 2.75) is 11.6 Å². The van der Waals surface area contributed by atoms with E-state index in [0.717, 1.165) is 27.6 Å². The highest BCUT2D eigenvalue weighted by Crippen LogP contribution is 2.42. The van der Waals surface area contributed by atoms with Crippen molar-refractivity contribution in [3.63, 3.8) is 0 Å². The van der Waals surface area contributed by atoms with Crippen molar-refractivity contribution in [2.24, 2.45) is 5.11 Å². The van der Waals surface area contributed by atoms with Crippen LogP contribution in [0.3, 0.4) is 0 Å². The van der Waals surface area contributed by atoms with E-state index in [1.807, 2.05) is 79.0 Å². The largest absolute Gasteiger partial charge is 0.444 e. The van der Waals surface area contributed by atoms with Gasteiger partial charge in [0.1, 0.15) is 11.6 Å². The van der Waals surface area contributed by atoms with Gasteiger partial charge in [0.05, 0.1) is 24.8 Å². The number of cyclic esters (lactones) is 1. The van der Waals surface area contributed by atoms with Gasteiger partial charge in [-0.05, 0) is 40.4 Å². The first-order chi connectivity index (χ1) is 18.7. The van der Waals surface area contributed by atoms with E-state index < -0.39 is 17.7 Å². The minimum absolute atomic E-state index is 0.104. The van der Waals surface area contributed by atoms with Crippen LogP contribution in [0, 0.1) is 0 Å². The maximum absolute atomic E-state index is 12.6. The number of azide groups is 1. The quantitative estimate of drug-likeness (QED) is 0.110. The van der Waals surface area contributed by atoms with E-state index in [1.54, 1.807) is 4.90 Å². The molecule has 1 amide bonds. The molecule has 1 aliphatic heterocycles. The lowest BCUT2D eigenvalue weighted by atomic mass is 9.77. The van der Waals surface area contributed by atoms with Gasteiger partial charge in [0, 0.05) is 16.0 Å². The number of aromatic nitrogens is 2. The minimum Gasteiger partial charge on any atom is -0.444 e. The Balaban J connectivity index is 1.53. The lowest BCUT2D eigenvalue weighted by Crippen LogP contribution is -2.38. The topological polar surface area (TPSA) is 96.1 Å².